The summed E-state index contributed by atoms with van der Waals surface area (Å²) in [5, 5.41) is 4.46. The Labute approximate surface area is 140 Å². The van der Waals surface area contributed by atoms with E-state index in [-0.39, 0.29) is 0 Å². The minimum atomic E-state index is 0.769. The van der Waals surface area contributed by atoms with E-state index in [4.69, 9.17) is 0 Å². The van der Waals surface area contributed by atoms with Gasteiger partial charge in [-0.1, -0.05) is 52.3 Å². The van der Waals surface area contributed by atoms with Crippen molar-refractivity contribution in [1.82, 2.24) is 9.78 Å². The summed E-state index contributed by atoms with van der Waals surface area (Å²) in [4.78, 5) is 0. The summed E-state index contributed by atoms with van der Waals surface area (Å²) in [5.74, 6) is 0. The van der Waals surface area contributed by atoms with Gasteiger partial charge in [-0.15, -0.1) is 0 Å². The standard InChI is InChI=1S/C16H12BrIN2/c17-15-7-3-1-5-12(15)10-20-11-13(9-19-20)14-6-2-4-8-16(14)18/h1-9,11H,10H2. The van der Waals surface area contributed by atoms with Crippen LogP contribution < -0.4 is 0 Å². The number of hydrogen-bond acceptors (Lipinski definition) is 1. The van der Waals surface area contributed by atoms with Gasteiger partial charge in [-0.2, -0.15) is 5.10 Å². The maximum atomic E-state index is 4.46. The molecule has 100 valence electrons. The monoisotopic (exact) mass is 438 g/mol. The molecule has 3 rings (SSSR count). The fourth-order valence-corrected chi connectivity index (χ4v) is 3.19. The SMILES string of the molecule is Brc1ccccc1Cn1cc(-c2ccccc2I)cn1. The highest BCUT2D eigenvalue weighted by atomic mass is 127. The van der Waals surface area contributed by atoms with Gasteiger partial charge in [0.1, 0.15) is 0 Å². The van der Waals surface area contributed by atoms with Gasteiger partial charge in [0.25, 0.3) is 0 Å². The Balaban J connectivity index is 1.88. The third-order valence-electron chi connectivity index (χ3n) is 3.11. The van der Waals surface area contributed by atoms with Gasteiger partial charge in [-0.25, -0.2) is 0 Å². The van der Waals surface area contributed by atoms with Crippen molar-refractivity contribution in [3.05, 3.63) is 74.5 Å². The predicted molar refractivity (Wildman–Crippen MR) is 93.6 cm³/mol. The molecule has 0 aliphatic rings. The van der Waals surface area contributed by atoms with Crippen LogP contribution in [0.4, 0.5) is 0 Å². The van der Waals surface area contributed by atoms with Gasteiger partial charge < -0.3 is 0 Å². The van der Waals surface area contributed by atoms with Gasteiger partial charge in [0.05, 0.1) is 12.7 Å². The zero-order chi connectivity index (χ0) is 13.9. The van der Waals surface area contributed by atoms with Gasteiger partial charge in [-0.05, 0) is 45.9 Å². The molecule has 3 aromatic rings. The number of hydrogen-bond donors (Lipinski definition) is 0. The van der Waals surface area contributed by atoms with Crippen LogP contribution >= 0.6 is 38.5 Å². The minimum Gasteiger partial charge on any atom is -0.268 e. The summed E-state index contributed by atoms with van der Waals surface area (Å²) in [5.41, 5.74) is 3.61. The first-order chi connectivity index (χ1) is 9.74. The van der Waals surface area contributed by atoms with E-state index in [1.807, 2.05) is 23.0 Å². The molecule has 0 saturated heterocycles. The van der Waals surface area contributed by atoms with Crippen molar-refractivity contribution in [2.75, 3.05) is 0 Å². The lowest BCUT2D eigenvalue weighted by atomic mass is 10.1. The summed E-state index contributed by atoms with van der Waals surface area (Å²) in [6, 6.07) is 16.6. The number of nitrogens with zero attached hydrogens (tertiary/aromatic N) is 2. The molecule has 2 aromatic carbocycles. The first-order valence-corrected chi connectivity index (χ1v) is 8.12. The first-order valence-electron chi connectivity index (χ1n) is 6.25. The van der Waals surface area contributed by atoms with Crippen molar-refractivity contribution in [3.63, 3.8) is 0 Å². The van der Waals surface area contributed by atoms with Crippen LogP contribution in [-0.4, -0.2) is 9.78 Å². The Morgan fingerprint density at radius 1 is 1.05 bits per heavy atom. The summed E-state index contributed by atoms with van der Waals surface area (Å²) in [6.45, 7) is 0.769. The van der Waals surface area contributed by atoms with E-state index >= 15 is 0 Å². The Hall–Kier alpha value is -1.14. The average Bonchev–Trinajstić information content (AvgIpc) is 2.90. The largest absolute Gasteiger partial charge is 0.268 e. The average molecular weight is 439 g/mol. The van der Waals surface area contributed by atoms with Gasteiger partial charge in [0.15, 0.2) is 0 Å². The molecule has 0 spiro atoms. The second-order valence-electron chi connectivity index (χ2n) is 4.50. The van der Waals surface area contributed by atoms with Crippen LogP contribution in [0, 0.1) is 3.57 Å². The highest BCUT2D eigenvalue weighted by molar-refractivity contribution is 14.1. The van der Waals surface area contributed by atoms with Crippen LogP contribution in [0.1, 0.15) is 5.56 Å². The molecule has 0 unspecified atom stereocenters. The zero-order valence-corrected chi connectivity index (χ0v) is 14.4. The fourth-order valence-electron chi connectivity index (χ4n) is 2.09. The van der Waals surface area contributed by atoms with Crippen LogP contribution in [-0.2, 0) is 6.54 Å². The normalized spacial score (nSPS) is 10.7. The third kappa shape index (κ3) is 2.96. The predicted octanol–water partition coefficient (Wildman–Crippen LogP) is 4.97. The zero-order valence-electron chi connectivity index (χ0n) is 10.6. The Bertz CT molecular complexity index is 737. The number of benzene rings is 2. The van der Waals surface area contributed by atoms with E-state index < -0.39 is 0 Å². The van der Waals surface area contributed by atoms with Crippen molar-refractivity contribution in [1.29, 1.82) is 0 Å². The second-order valence-corrected chi connectivity index (χ2v) is 6.51. The molecule has 0 bridgehead atoms. The molecular weight excluding hydrogens is 427 g/mol. The van der Waals surface area contributed by atoms with Gasteiger partial charge in [-0.3, -0.25) is 4.68 Å². The van der Waals surface area contributed by atoms with Crippen molar-refractivity contribution in [3.8, 4) is 11.1 Å². The molecule has 0 atom stereocenters. The fraction of sp³-hybridized carbons (Fsp3) is 0.0625. The smallest absolute Gasteiger partial charge is 0.0670 e. The van der Waals surface area contributed by atoms with E-state index in [0.717, 1.165) is 16.6 Å². The molecule has 0 aliphatic carbocycles. The topological polar surface area (TPSA) is 17.8 Å². The van der Waals surface area contributed by atoms with Crippen molar-refractivity contribution in [2.45, 2.75) is 6.54 Å². The summed E-state index contributed by atoms with van der Waals surface area (Å²) in [7, 11) is 0. The van der Waals surface area contributed by atoms with E-state index in [9.17, 15) is 0 Å². The van der Waals surface area contributed by atoms with E-state index in [1.165, 1.54) is 14.7 Å². The molecule has 0 fully saturated rings. The lowest BCUT2D eigenvalue weighted by molar-refractivity contribution is 0.685. The second kappa shape index (κ2) is 6.10. The molecular formula is C16H12BrIN2. The molecule has 0 radical (unpaired) electrons. The van der Waals surface area contributed by atoms with E-state index in [1.54, 1.807) is 0 Å². The Kier molecular flexibility index (Phi) is 4.21. The maximum Gasteiger partial charge on any atom is 0.0670 e. The lowest BCUT2D eigenvalue weighted by Crippen LogP contribution is -2.00. The van der Waals surface area contributed by atoms with Crippen LogP contribution in [0.2, 0.25) is 0 Å². The quantitative estimate of drug-likeness (QED) is 0.528. The number of aromatic nitrogens is 2. The highest BCUT2D eigenvalue weighted by Crippen LogP contribution is 2.25. The summed E-state index contributed by atoms with van der Waals surface area (Å²) < 4.78 is 4.33. The van der Waals surface area contributed by atoms with Crippen molar-refractivity contribution in [2.24, 2.45) is 0 Å². The summed E-state index contributed by atoms with van der Waals surface area (Å²) >= 11 is 5.93. The molecule has 20 heavy (non-hydrogen) atoms. The molecule has 0 N–H and O–H groups in total. The van der Waals surface area contributed by atoms with Crippen molar-refractivity contribution < 1.29 is 0 Å². The molecule has 1 aromatic heterocycles. The first kappa shape index (κ1) is 13.8. The molecule has 0 amide bonds. The van der Waals surface area contributed by atoms with Gasteiger partial charge in [0.2, 0.25) is 0 Å². The van der Waals surface area contributed by atoms with Crippen LogP contribution in [0.25, 0.3) is 11.1 Å². The minimum absolute atomic E-state index is 0.769. The van der Waals surface area contributed by atoms with Gasteiger partial charge >= 0.3 is 0 Å². The van der Waals surface area contributed by atoms with E-state index in [2.05, 4.69) is 86.2 Å². The third-order valence-corrected chi connectivity index (χ3v) is 4.82. The van der Waals surface area contributed by atoms with E-state index in [0.29, 0.717) is 0 Å². The Morgan fingerprint density at radius 3 is 2.60 bits per heavy atom. The van der Waals surface area contributed by atoms with Crippen LogP contribution in [0.3, 0.4) is 0 Å². The molecule has 1 heterocycles. The summed E-state index contributed by atoms with van der Waals surface area (Å²) in [6.07, 6.45) is 4.02. The Morgan fingerprint density at radius 2 is 1.80 bits per heavy atom. The van der Waals surface area contributed by atoms with Crippen LogP contribution in [0.5, 0.6) is 0 Å². The van der Waals surface area contributed by atoms with Crippen LogP contribution in [0.15, 0.2) is 65.4 Å². The van der Waals surface area contributed by atoms with Gasteiger partial charge in [0, 0.05) is 19.8 Å². The number of rotatable bonds is 3. The number of halogens is 2. The van der Waals surface area contributed by atoms with Crippen molar-refractivity contribution >= 4 is 38.5 Å². The maximum absolute atomic E-state index is 4.46. The lowest BCUT2D eigenvalue weighted by Gasteiger charge is -2.04. The molecule has 2 nitrogen and oxygen atoms in total. The molecule has 0 saturated carbocycles. The molecule has 4 heteroatoms. The molecule has 0 aliphatic heterocycles. The highest BCUT2D eigenvalue weighted by Gasteiger charge is 2.06.